The van der Waals surface area contributed by atoms with Crippen LogP contribution in [-0.2, 0) is 11.2 Å². The lowest BCUT2D eigenvalue weighted by Crippen LogP contribution is -2.10. The van der Waals surface area contributed by atoms with Crippen molar-refractivity contribution in [3.8, 4) is 5.75 Å². The highest BCUT2D eigenvalue weighted by molar-refractivity contribution is 9.10. The predicted molar refractivity (Wildman–Crippen MR) is 69.0 cm³/mol. The number of halogens is 1. The Morgan fingerprint density at radius 1 is 1.31 bits per heavy atom. The largest absolute Gasteiger partial charge is 0.491 e. The number of benzene rings is 1. The minimum absolute atomic E-state index is 0.566. The maximum absolute atomic E-state index is 5.71. The molecule has 0 heterocycles. The van der Waals surface area contributed by atoms with Crippen LogP contribution < -0.4 is 10.5 Å². The molecule has 1 aromatic rings. The molecule has 0 aromatic heterocycles. The minimum Gasteiger partial charge on any atom is -0.491 e. The van der Waals surface area contributed by atoms with Gasteiger partial charge in [-0.05, 0) is 43.1 Å². The summed E-state index contributed by atoms with van der Waals surface area (Å²) in [5.41, 5.74) is 7.85. The summed E-state index contributed by atoms with van der Waals surface area (Å²) < 4.78 is 11.7. The van der Waals surface area contributed by atoms with E-state index in [0.717, 1.165) is 27.8 Å². The van der Waals surface area contributed by atoms with Crippen LogP contribution in [0.2, 0.25) is 0 Å². The molecule has 0 aliphatic heterocycles. The second-order valence-electron chi connectivity index (χ2n) is 3.59. The lowest BCUT2D eigenvalue weighted by Gasteiger charge is -2.14. The van der Waals surface area contributed by atoms with Gasteiger partial charge in [0, 0.05) is 11.6 Å². The molecule has 0 aliphatic rings. The van der Waals surface area contributed by atoms with Gasteiger partial charge in [-0.15, -0.1) is 0 Å². The number of methoxy groups -OCH3 is 1. The Labute approximate surface area is 105 Å². The third kappa shape index (κ3) is 3.77. The second-order valence-corrected chi connectivity index (χ2v) is 4.51. The van der Waals surface area contributed by atoms with Crippen molar-refractivity contribution in [3.63, 3.8) is 0 Å². The molecule has 0 aliphatic carbocycles. The summed E-state index contributed by atoms with van der Waals surface area (Å²) >= 11 is 3.48. The smallest absolute Gasteiger partial charge is 0.125 e. The molecule has 0 atom stereocenters. The lowest BCUT2D eigenvalue weighted by molar-refractivity contribution is 0.145. The number of hydrogen-bond donors (Lipinski definition) is 1. The first-order valence-electron chi connectivity index (χ1n) is 5.30. The third-order valence-corrected chi connectivity index (χ3v) is 2.72. The Morgan fingerprint density at radius 3 is 2.69 bits per heavy atom. The summed E-state index contributed by atoms with van der Waals surface area (Å²) in [5.74, 6) is 0.936. The maximum Gasteiger partial charge on any atom is 0.125 e. The van der Waals surface area contributed by atoms with Crippen LogP contribution in [-0.4, -0.2) is 26.9 Å². The predicted octanol–water partition coefficient (Wildman–Crippen LogP) is 2.28. The average molecular weight is 288 g/mol. The van der Waals surface area contributed by atoms with Crippen LogP contribution in [0.25, 0.3) is 0 Å². The van der Waals surface area contributed by atoms with E-state index in [2.05, 4.69) is 22.0 Å². The topological polar surface area (TPSA) is 44.5 Å². The molecular weight excluding hydrogens is 270 g/mol. The van der Waals surface area contributed by atoms with Gasteiger partial charge in [-0.3, -0.25) is 0 Å². The van der Waals surface area contributed by atoms with Crippen LogP contribution in [0.1, 0.15) is 11.1 Å². The maximum atomic E-state index is 5.71. The second kappa shape index (κ2) is 6.89. The molecule has 16 heavy (non-hydrogen) atoms. The van der Waals surface area contributed by atoms with Gasteiger partial charge in [-0.2, -0.15) is 0 Å². The molecule has 3 nitrogen and oxygen atoms in total. The highest BCUT2D eigenvalue weighted by Crippen LogP contribution is 2.28. The molecule has 0 saturated heterocycles. The Kier molecular flexibility index (Phi) is 5.80. The van der Waals surface area contributed by atoms with Gasteiger partial charge in [0.05, 0.1) is 6.61 Å². The summed E-state index contributed by atoms with van der Waals surface area (Å²) in [5, 5.41) is 0. The van der Waals surface area contributed by atoms with Crippen molar-refractivity contribution in [2.45, 2.75) is 13.3 Å². The van der Waals surface area contributed by atoms with Gasteiger partial charge in [-0.1, -0.05) is 15.9 Å². The first-order valence-corrected chi connectivity index (χ1v) is 6.09. The van der Waals surface area contributed by atoms with E-state index in [1.165, 1.54) is 0 Å². The van der Waals surface area contributed by atoms with Crippen molar-refractivity contribution in [2.24, 2.45) is 5.73 Å². The molecule has 0 unspecified atom stereocenters. The summed E-state index contributed by atoms with van der Waals surface area (Å²) in [7, 11) is 1.67. The van der Waals surface area contributed by atoms with Crippen molar-refractivity contribution >= 4 is 15.9 Å². The fourth-order valence-electron chi connectivity index (χ4n) is 1.57. The normalized spacial score (nSPS) is 10.5. The number of hydrogen-bond acceptors (Lipinski definition) is 3. The van der Waals surface area contributed by atoms with Crippen LogP contribution in [0.4, 0.5) is 0 Å². The molecule has 0 fully saturated rings. The van der Waals surface area contributed by atoms with Crippen molar-refractivity contribution in [1.29, 1.82) is 0 Å². The first kappa shape index (κ1) is 13.5. The van der Waals surface area contributed by atoms with Gasteiger partial charge in [0.1, 0.15) is 12.4 Å². The van der Waals surface area contributed by atoms with Gasteiger partial charge in [0.15, 0.2) is 0 Å². The summed E-state index contributed by atoms with van der Waals surface area (Å²) in [6.07, 6.45) is 0.822. The molecule has 2 N–H and O–H groups in total. The van der Waals surface area contributed by atoms with Gasteiger partial charge in [0.2, 0.25) is 0 Å². The van der Waals surface area contributed by atoms with Crippen LogP contribution in [0.15, 0.2) is 16.6 Å². The van der Waals surface area contributed by atoms with E-state index in [4.69, 9.17) is 15.2 Å². The fraction of sp³-hybridized carbons (Fsp3) is 0.500. The summed E-state index contributed by atoms with van der Waals surface area (Å²) in [6, 6.07) is 4.10. The number of nitrogens with two attached hydrogens (primary N) is 1. The minimum atomic E-state index is 0.566. The van der Waals surface area contributed by atoms with E-state index >= 15 is 0 Å². The Bertz CT molecular complexity index is 342. The monoisotopic (exact) mass is 287 g/mol. The van der Waals surface area contributed by atoms with Crippen LogP contribution in [0, 0.1) is 6.92 Å². The van der Waals surface area contributed by atoms with Crippen LogP contribution in [0.5, 0.6) is 5.75 Å². The number of rotatable bonds is 6. The molecule has 0 saturated carbocycles. The molecule has 0 bridgehead atoms. The molecule has 4 heteroatoms. The van der Waals surface area contributed by atoms with Crippen molar-refractivity contribution < 1.29 is 9.47 Å². The van der Waals surface area contributed by atoms with Gasteiger partial charge >= 0.3 is 0 Å². The zero-order valence-electron chi connectivity index (χ0n) is 9.75. The average Bonchev–Trinajstić information content (AvgIpc) is 2.22. The SMILES string of the molecule is COCCOc1c(C)cc(Br)cc1CCN. The van der Waals surface area contributed by atoms with Gasteiger partial charge in [0.25, 0.3) is 0 Å². The molecule has 90 valence electrons. The van der Waals surface area contributed by atoms with Crippen molar-refractivity contribution in [3.05, 3.63) is 27.7 Å². The zero-order chi connectivity index (χ0) is 12.0. The van der Waals surface area contributed by atoms with E-state index in [1.807, 2.05) is 13.0 Å². The molecule has 0 spiro atoms. The summed E-state index contributed by atoms with van der Waals surface area (Å²) in [6.45, 7) is 3.82. The highest BCUT2D eigenvalue weighted by atomic mass is 79.9. The van der Waals surface area contributed by atoms with E-state index < -0.39 is 0 Å². The Morgan fingerprint density at radius 2 is 2.06 bits per heavy atom. The summed E-state index contributed by atoms with van der Waals surface area (Å²) in [4.78, 5) is 0. The fourth-order valence-corrected chi connectivity index (χ4v) is 2.19. The zero-order valence-corrected chi connectivity index (χ0v) is 11.3. The van der Waals surface area contributed by atoms with Crippen molar-refractivity contribution in [2.75, 3.05) is 26.9 Å². The standard InChI is InChI=1S/C12H18BrNO2/c1-9-7-11(13)8-10(3-4-14)12(9)16-6-5-15-2/h7-8H,3-6,14H2,1-2H3. The third-order valence-electron chi connectivity index (χ3n) is 2.26. The molecule has 0 radical (unpaired) electrons. The first-order chi connectivity index (χ1) is 7.69. The van der Waals surface area contributed by atoms with E-state index in [0.29, 0.717) is 19.8 Å². The van der Waals surface area contributed by atoms with Gasteiger partial charge < -0.3 is 15.2 Å². The Balaban J connectivity index is 2.85. The van der Waals surface area contributed by atoms with Crippen molar-refractivity contribution in [1.82, 2.24) is 0 Å². The van der Waals surface area contributed by atoms with Crippen LogP contribution >= 0.6 is 15.9 Å². The van der Waals surface area contributed by atoms with E-state index in [9.17, 15) is 0 Å². The van der Waals surface area contributed by atoms with E-state index in [-0.39, 0.29) is 0 Å². The van der Waals surface area contributed by atoms with Gasteiger partial charge in [-0.25, -0.2) is 0 Å². The molecular formula is C12H18BrNO2. The quantitative estimate of drug-likeness (QED) is 0.817. The molecule has 1 rings (SSSR count). The Hall–Kier alpha value is -0.580. The molecule has 1 aromatic carbocycles. The molecule has 0 amide bonds. The lowest BCUT2D eigenvalue weighted by atomic mass is 10.1. The number of ether oxygens (including phenoxy) is 2. The highest BCUT2D eigenvalue weighted by Gasteiger charge is 2.08. The van der Waals surface area contributed by atoms with Crippen LogP contribution in [0.3, 0.4) is 0 Å². The number of aryl methyl sites for hydroxylation is 1. The van der Waals surface area contributed by atoms with E-state index in [1.54, 1.807) is 7.11 Å².